The third-order valence-electron chi connectivity index (χ3n) is 1.29. The molecule has 1 atom stereocenters. The fourth-order valence-electron chi connectivity index (χ4n) is 0.909. The summed E-state index contributed by atoms with van der Waals surface area (Å²) in [5.74, 6) is 0. The highest BCUT2D eigenvalue weighted by atomic mass is 35.5. The van der Waals surface area contributed by atoms with Crippen LogP contribution in [0.5, 0.6) is 0 Å². The zero-order valence-electron chi connectivity index (χ0n) is 6.29. The Balaban J connectivity index is 2.71. The molecule has 0 saturated heterocycles. The number of rotatable bonds is 2. The molecule has 0 aliphatic rings. The molecule has 1 unspecified atom stereocenters. The molecule has 3 heteroatoms. The van der Waals surface area contributed by atoms with Crippen LogP contribution in [0.4, 0.5) is 0 Å². The van der Waals surface area contributed by atoms with Gasteiger partial charge in [-0.05, 0) is 25.0 Å². The minimum atomic E-state index is -0.338. The molecule has 0 aliphatic heterocycles. The molecular weight excluding hydrogens is 162 g/mol. The largest absolute Gasteiger partial charge is 0.393 e. The Morgan fingerprint density at radius 3 is 2.91 bits per heavy atom. The van der Waals surface area contributed by atoms with Gasteiger partial charge in [0.05, 0.1) is 11.1 Å². The van der Waals surface area contributed by atoms with Crippen LogP contribution in [0.25, 0.3) is 0 Å². The summed E-state index contributed by atoms with van der Waals surface area (Å²) in [7, 11) is 0. The van der Waals surface area contributed by atoms with Gasteiger partial charge in [0, 0.05) is 12.4 Å². The zero-order valence-corrected chi connectivity index (χ0v) is 7.04. The molecule has 0 saturated carbocycles. The van der Waals surface area contributed by atoms with Gasteiger partial charge >= 0.3 is 0 Å². The highest BCUT2D eigenvalue weighted by Gasteiger charge is 1.99. The Hall–Kier alpha value is -0.600. The standard InChI is InChI=1S/C8H10ClNO/c1-6(11)2-7-3-8(9)5-10-4-7/h3-6,11H,2H2,1H3. The van der Waals surface area contributed by atoms with Gasteiger partial charge in [-0.15, -0.1) is 0 Å². The molecule has 2 nitrogen and oxygen atoms in total. The van der Waals surface area contributed by atoms with Crippen molar-refractivity contribution in [2.45, 2.75) is 19.4 Å². The highest BCUT2D eigenvalue weighted by Crippen LogP contribution is 2.09. The minimum Gasteiger partial charge on any atom is -0.393 e. The van der Waals surface area contributed by atoms with E-state index in [1.807, 2.05) is 0 Å². The summed E-state index contributed by atoms with van der Waals surface area (Å²) in [6.07, 6.45) is 3.55. The second-order valence-electron chi connectivity index (χ2n) is 2.56. The van der Waals surface area contributed by atoms with Gasteiger partial charge in [0.25, 0.3) is 0 Å². The molecule has 0 aliphatic carbocycles. The number of aliphatic hydroxyl groups excluding tert-OH is 1. The van der Waals surface area contributed by atoms with E-state index in [0.717, 1.165) is 5.56 Å². The average molecular weight is 172 g/mol. The summed E-state index contributed by atoms with van der Waals surface area (Å²) >= 11 is 5.68. The Morgan fingerprint density at radius 1 is 1.64 bits per heavy atom. The molecule has 1 aromatic heterocycles. The molecule has 0 radical (unpaired) electrons. The van der Waals surface area contributed by atoms with Crippen LogP contribution >= 0.6 is 11.6 Å². The van der Waals surface area contributed by atoms with E-state index in [9.17, 15) is 0 Å². The molecule has 11 heavy (non-hydrogen) atoms. The summed E-state index contributed by atoms with van der Waals surface area (Å²) in [5, 5.41) is 9.64. The lowest BCUT2D eigenvalue weighted by atomic mass is 10.1. The van der Waals surface area contributed by atoms with Crippen molar-refractivity contribution in [1.29, 1.82) is 0 Å². The molecule has 1 aromatic rings. The molecule has 0 aromatic carbocycles. The van der Waals surface area contributed by atoms with Crippen LogP contribution in [0.1, 0.15) is 12.5 Å². The van der Waals surface area contributed by atoms with E-state index in [1.165, 1.54) is 0 Å². The van der Waals surface area contributed by atoms with Gasteiger partial charge in [-0.3, -0.25) is 4.98 Å². The lowest BCUT2D eigenvalue weighted by Gasteiger charge is -2.02. The lowest BCUT2D eigenvalue weighted by molar-refractivity contribution is 0.195. The van der Waals surface area contributed by atoms with E-state index in [-0.39, 0.29) is 6.10 Å². The molecule has 1 N–H and O–H groups in total. The first-order chi connectivity index (χ1) is 5.18. The summed E-state index contributed by atoms with van der Waals surface area (Å²) in [5.41, 5.74) is 0.965. The summed E-state index contributed by atoms with van der Waals surface area (Å²) < 4.78 is 0. The van der Waals surface area contributed by atoms with E-state index >= 15 is 0 Å². The maximum atomic E-state index is 9.03. The van der Waals surface area contributed by atoms with E-state index in [4.69, 9.17) is 16.7 Å². The van der Waals surface area contributed by atoms with E-state index < -0.39 is 0 Å². The molecule has 0 spiro atoms. The van der Waals surface area contributed by atoms with Crippen molar-refractivity contribution in [3.63, 3.8) is 0 Å². The highest BCUT2D eigenvalue weighted by molar-refractivity contribution is 6.30. The van der Waals surface area contributed by atoms with Crippen molar-refractivity contribution in [2.75, 3.05) is 0 Å². The minimum absolute atomic E-state index is 0.338. The summed E-state index contributed by atoms with van der Waals surface area (Å²) in [6.45, 7) is 1.74. The first kappa shape index (κ1) is 8.50. The maximum Gasteiger partial charge on any atom is 0.0592 e. The Kier molecular flexibility index (Phi) is 2.85. The first-order valence-corrected chi connectivity index (χ1v) is 3.84. The van der Waals surface area contributed by atoms with Crippen molar-refractivity contribution >= 4 is 11.6 Å². The first-order valence-electron chi connectivity index (χ1n) is 3.46. The quantitative estimate of drug-likeness (QED) is 0.734. The van der Waals surface area contributed by atoms with Crippen molar-refractivity contribution in [3.8, 4) is 0 Å². The number of aliphatic hydroxyl groups is 1. The number of nitrogens with zero attached hydrogens (tertiary/aromatic N) is 1. The van der Waals surface area contributed by atoms with Gasteiger partial charge in [-0.25, -0.2) is 0 Å². The van der Waals surface area contributed by atoms with E-state index in [1.54, 1.807) is 25.4 Å². The van der Waals surface area contributed by atoms with Gasteiger partial charge in [0.2, 0.25) is 0 Å². The van der Waals surface area contributed by atoms with Gasteiger partial charge < -0.3 is 5.11 Å². The van der Waals surface area contributed by atoms with Crippen LogP contribution in [0, 0.1) is 0 Å². The smallest absolute Gasteiger partial charge is 0.0592 e. The fourth-order valence-corrected chi connectivity index (χ4v) is 1.11. The monoisotopic (exact) mass is 171 g/mol. The molecule has 0 bridgehead atoms. The van der Waals surface area contributed by atoms with Crippen LogP contribution in [0.15, 0.2) is 18.5 Å². The Bertz CT molecular complexity index is 237. The third kappa shape index (κ3) is 2.87. The topological polar surface area (TPSA) is 33.1 Å². The number of hydrogen-bond acceptors (Lipinski definition) is 2. The Labute approximate surface area is 70.8 Å². The SMILES string of the molecule is CC(O)Cc1cncc(Cl)c1. The molecule has 0 amide bonds. The Morgan fingerprint density at radius 2 is 2.36 bits per heavy atom. The predicted octanol–water partition coefficient (Wildman–Crippen LogP) is 1.66. The van der Waals surface area contributed by atoms with Crippen LogP contribution in [-0.2, 0) is 6.42 Å². The molecular formula is C8H10ClNO. The summed E-state index contributed by atoms with van der Waals surface area (Å²) in [6, 6.07) is 1.81. The maximum absolute atomic E-state index is 9.03. The van der Waals surface area contributed by atoms with Crippen LogP contribution < -0.4 is 0 Å². The zero-order chi connectivity index (χ0) is 8.27. The van der Waals surface area contributed by atoms with Crippen molar-refractivity contribution < 1.29 is 5.11 Å². The van der Waals surface area contributed by atoms with Gasteiger partial charge in [0.1, 0.15) is 0 Å². The average Bonchev–Trinajstić information content (AvgIpc) is 1.85. The predicted molar refractivity (Wildman–Crippen MR) is 44.6 cm³/mol. The summed E-state index contributed by atoms with van der Waals surface area (Å²) in [4.78, 5) is 3.89. The van der Waals surface area contributed by atoms with Crippen molar-refractivity contribution in [1.82, 2.24) is 4.98 Å². The second-order valence-corrected chi connectivity index (χ2v) is 3.00. The van der Waals surface area contributed by atoms with Crippen molar-refractivity contribution in [3.05, 3.63) is 29.0 Å². The van der Waals surface area contributed by atoms with Crippen molar-refractivity contribution in [2.24, 2.45) is 0 Å². The molecule has 1 heterocycles. The number of hydrogen-bond donors (Lipinski definition) is 1. The number of aromatic nitrogens is 1. The molecule has 1 rings (SSSR count). The van der Waals surface area contributed by atoms with Gasteiger partial charge in [-0.1, -0.05) is 11.6 Å². The third-order valence-corrected chi connectivity index (χ3v) is 1.50. The van der Waals surface area contributed by atoms with E-state index in [0.29, 0.717) is 11.4 Å². The van der Waals surface area contributed by atoms with Crippen LogP contribution in [-0.4, -0.2) is 16.2 Å². The molecule has 0 fully saturated rings. The number of pyridine rings is 1. The normalized spacial score (nSPS) is 13.0. The lowest BCUT2D eigenvalue weighted by Crippen LogP contribution is -2.04. The van der Waals surface area contributed by atoms with Crippen LogP contribution in [0.2, 0.25) is 5.02 Å². The van der Waals surface area contributed by atoms with Gasteiger partial charge in [-0.2, -0.15) is 0 Å². The second kappa shape index (κ2) is 3.69. The fraction of sp³-hybridized carbons (Fsp3) is 0.375. The molecule has 60 valence electrons. The number of halogens is 1. The van der Waals surface area contributed by atoms with Crippen LogP contribution in [0.3, 0.4) is 0 Å². The van der Waals surface area contributed by atoms with E-state index in [2.05, 4.69) is 4.98 Å². The van der Waals surface area contributed by atoms with Gasteiger partial charge in [0.15, 0.2) is 0 Å².